The zero-order valence-corrected chi connectivity index (χ0v) is 16.1. The minimum absolute atomic E-state index is 0.150. The van der Waals surface area contributed by atoms with Crippen LogP contribution >= 0.6 is 11.3 Å². The smallest absolute Gasteiger partial charge is 0.256 e. The van der Waals surface area contributed by atoms with E-state index in [0.717, 1.165) is 30.4 Å². The number of thiophene rings is 1. The van der Waals surface area contributed by atoms with Gasteiger partial charge in [-0.2, -0.15) is 5.26 Å². The molecule has 0 saturated carbocycles. The van der Waals surface area contributed by atoms with Crippen molar-refractivity contribution in [2.45, 2.75) is 47.0 Å². The lowest BCUT2D eigenvalue weighted by atomic mass is 9.72. The van der Waals surface area contributed by atoms with Crippen LogP contribution in [0.4, 0.5) is 5.00 Å². The number of nitrogens with one attached hydrogen (secondary N) is 1. The summed E-state index contributed by atoms with van der Waals surface area (Å²) in [6.07, 6.45) is 3.03. The number of rotatable bonds is 2. The van der Waals surface area contributed by atoms with E-state index in [1.54, 1.807) is 11.3 Å². The molecule has 0 radical (unpaired) electrons. The van der Waals surface area contributed by atoms with E-state index in [4.69, 9.17) is 0 Å². The van der Waals surface area contributed by atoms with Crippen LogP contribution in [0, 0.1) is 29.6 Å². The topological polar surface area (TPSA) is 52.9 Å². The molecule has 3 rings (SSSR count). The van der Waals surface area contributed by atoms with Crippen molar-refractivity contribution in [3.63, 3.8) is 0 Å². The third kappa shape index (κ3) is 3.62. The molecule has 2 aromatic rings. The molecule has 1 atom stereocenters. The summed E-state index contributed by atoms with van der Waals surface area (Å²) in [6.45, 7) is 8.83. The molecule has 0 aliphatic heterocycles. The van der Waals surface area contributed by atoms with Gasteiger partial charge in [-0.3, -0.25) is 4.79 Å². The Bertz CT molecular complexity index is 835. The highest BCUT2D eigenvalue weighted by Gasteiger charge is 2.32. The molecule has 1 amide bonds. The first-order chi connectivity index (χ1) is 11.8. The second-order valence-corrected chi connectivity index (χ2v) is 9.05. The zero-order chi connectivity index (χ0) is 18.2. The van der Waals surface area contributed by atoms with Crippen LogP contribution in [-0.4, -0.2) is 5.91 Å². The fourth-order valence-electron chi connectivity index (χ4n) is 3.41. The minimum Gasteiger partial charge on any atom is -0.312 e. The highest BCUT2D eigenvalue weighted by molar-refractivity contribution is 7.16. The van der Waals surface area contributed by atoms with Gasteiger partial charge < -0.3 is 5.32 Å². The van der Waals surface area contributed by atoms with Crippen LogP contribution in [-0.2, 0) is 12.8 Å². The van der Waals surface area contributed by atoms with Gasteiger partial charge in [0, 0.05) is 10.4 Å². The lowest BCUT2D eigenvalue weighted by Crippen LogP contribution is -2.26. The summed E-state index contributed by atoms with van der Waals surface area (Å²) in [4.78, 5) is 13.8. The number of benzene rings is 1. The molecule has 0 spiro atoms. The molecule has 1 aliphatic rings. The predicted octanol–water partition coefficient (Wildman–Crippen LogP) is 5.33. The van der Waals surface area contributed by atoms with E-state index in [-0.39, 0.29) is 11.3 Å². The molecule has 25 heavy (non-hydrogen) atoms. The molecule has 130 valence electrons. The monoisotopic (exact) mass is 352 g/mol. The molecule has 0 saturated heterocycles. The standard InChI is InChI=1S/C21H24N2OS/c1-13-5-7-14(8-6-13)19(24)23-20-17(12-22)16-10-9-15(21(2,3)4)11-18(16)25-20/h5-8,15H,9-11H2,1-4H3,(H,23,24)/t15-/m0/s1. The molecule has 1 N–H and O–H groups in total. The summed E-state index contributed by atoms with van der Waals surface area (Å²) in [6, 6.07) is 9.81. The van der Waals surface area contributed by atoms with Crippen LogP contribution in [0.5, 0.6) is 0 Å². The summed E-state index contributed by atoms with van der Waals surface area (Å²) in [7, 11) is 0. The summed E-state index contributed by atoms with van der Waals surface area (Å²) in [5.74, 6) is 0.466. The Hall–Kier alpha value is -2.12. The molecular weight excluding hydrogens is 328 g/mol. The van der Waals surface area contributed by atoms with E-state index in [2.05, 4.69) is 32.2 Å². The Labute approximate surface area is 153 Å². The third-order valence-corrected chi connectivity index (χ3v) is 6.31. The van der Waals surface area contributed by atoms with Gasteiger partial charge in [0.15, 0.2) is 0 Å². The second kappa shape index (κ2) is 6.65. The van der Waals surface area contributed by atoms with Crippen LogP contribution in [0.25, 0.3) is 0 Å². The summed E-state index contributed by atoms with van der Waals surface area (Å²) in [5.41, 5.74) is 3.81. The molecule has 1 aromatic heterocycles. The average Bonchev–Trinajstić information content (AvgIpc) is 2.90. The summed E-state index contributed by atoms with van der Waals surface area (Å²) in [5, 5.41) is 13.3. The van der Waals surface area contributed by atoms with Crippen LogP contribution < -0.4 is 5.32 Å². The van der Waals surface area contributed by atoms with Gasteiger partial charge >= 0.3 is 0 Å². The van der Waals surface area contributed by atoms with Crippen LogP contribution in [0.2, 0.25) is 0 Å². The van der Waals surface area contributed by atoms with Gasteiger partial charge in [-0.25, -0.2) is 0 Å². The first-order valence-electron chi connectivity index (χ1n) is 8.72. The van der Waals surface area contributed by atoms with Gasteiger partial charge in [0.2, 0.25) is 0 Å². The third-order valence-electron chi connectivity index (χ3n) is 5.14. The van der Waals surface area contributed by atoms with Gasteiger partial charge in [0.25, 0.3) is 5.91 Å². The second-order valence-electron chi connectivity index (χ2n) is 7.95. The summed E-state index contributed by atoms with van der Waals surface area (Å²) >= 11 is 1.58. The Morgan fingerprint density at radius 1 is 1.28 bits per heavy atom. The molecule has 0 bridgehead atoms. The number of hydrogen-bond donors (Lipinski definition) is 1. The fraction of sp³-hybridized carbons (Fsp3) is 0.429. The first-order valence-corrected chi connectivity index (χ1v) is 9.54. The molecule has 1 aliphatic carbocycles. The Balaban J connectivity index is 1.86. The van der Waals surface area contributed by atoms with Crippen molar-refractivity contribution in [2.75, 3.05) is 5.32 Å². The van der Waals surface area contributed by atoms with Gasteiger partial charge in [0.1, 0.15) is 11.1 Å². The maximum absolute atomic E-state index is 12.5. The Morgan fingerprint density at radius 2 is 1.96 bits per heavy atom. The fourth-order valence-corrected chi connectivity index (χ4v) is 4.68. The lowest BCUT2D eigenvalue weighted by molar-refractivity contribution is 0.102. The number of nitriles is 1. The van der Waals surface area contributed by atoms with Crippen molar-refractivity contribution in [3.05, 3.63) is 51.4 Å². The van der Waals surface area contributed by atoms with Gasteiger partial charge in [0.05, 0.1) is 5.56 Å². The van der Waals surface area contributed by atoms with Crippen molar-refractivity contribution >= 4 is 22.2 Å². The number of carbonyl (C=O) groups excluding carboxylic acids is 1. The number of amides is 1. The van der Waals surface area contributed by atoms with E-state index >= 15 is 0 Å². The highest BCUT2D eigenvalue weighted by atomic mass is 32.1. The predicted molar refractivity (Wildman–Crippen MR) is 103 cm³/mol. The number of carbonyl (C=O) groups is 1. The number of nitrogens with zero attached hydrogens (tertiary/aromatic N) is 1. The first kappa shape index (κ1) is 17.7. The molecule has 4 heteroatoms. The van der Waals surface area contributed by atoms with E-state index in [1.165, 1.54) is 4.88 Å². The van der Waals surface area contributed by atoms with E-state index < -0.39 is 0 Å². The lowest BCUT2D eigenvalue weighted by Gasteiger charge is -2.33. The number of aryl methyl sites for hydroxylation is 1. The number of fused-ring (bicyclic) bond motifs is 1. The Morgan fingerprint density at radius 3 is 2.56 bits per heavy atom. The van der Waals surface area contributed by atoms with E-state index in [0.29, 0.717) is 22.0 Å². The quantitative estimate of drug-likeness (QED) is 0.794. The van der Waals surface area contributed by atoms with Gasteiger partial charge in [-0.05, 0) is 55.2 Å². The normalized spacial score (nSPS) is 16.8. The van der Waals surface area contributed by atoms with Crippen molar-refractivity contribution < 1.29 is 4.79 Å². The molecule has 1 heterocycles. The molecular formula is C21H24N2OS. The van der Waals surface area contributed by atoms with Crippen molar-refractivity contribution in [2.24, 2.45) is 11.3 Å². The molecule has 0 fully saturated rings. The highest BCUT2D eigenvalue weighted by Crippen LogP contribution is 2.44. The molecule has 3 nitrogen and oxygen atoms in total. The SMILES string of the molecule is Cc1ccc(C(=O)Nc2sc3c(c2C#N)CC[C@H](C(C)(C)C)C3)cc1. The van der Waals surface area contributed by atoms with Crippen LogP contribution in [0.3, 0.4) is 0 Å². The zero-order valence-electron chi connectivity index (χ0n) is 15.3. The van der Waals surface area contributed by atoms with Gasteiger partial charge in [-0.15, -0.1) is 11.3 Å². The van der Waals surface area contributed by atoms with Gasteiger partial charge in [-0.1, -0.05) is 38.5 Å². The number of hydrogen-bond acceptors (Lipinski definition) is 3. The molecule has 1 aromatic carbocycles. The summed E-state index contributed by atoms with van der Waals surface area (Å²) < 4.78 is 0. The minimum atomic E-state index is -0.150. The average molecular weight is 353 g/mol. The largest absolute Gasteiger partial charge is 0.312 e. The maximum atomic E-state index is 12.5. The van der Waals surface area contributed by atoms with E-state index in [1.807, 2.05) is 31.2 Å². The Kier molecular flexibility index (Phi) is 4.71. The van der Waals surface area contributed by atoms with Crippen LogP contribution in [0.1, 0.15) is 59.1 Å². The molecule has 0 unspecified atom stereocenters. The van der Waals surface area contributed by atoms with Crippen molar-refractivity contribution in [3.8, 4) is 6.07 Å². The number of anilines is 1. The van der Waals surface area contributed by atoms with Crippen molar-refractivity contribution in [1.82, 2.24) is 0 Å². The maximum Gasteiger partial charge on any atom is 0.256 e. The van der Waals surface area contributed by atoms with E-state index in [9.17, 15) is 10.1 Å². The van der Waals surface area contributed by atoms with Crippen LogP contribution in [0.15, 0.2) is 24.3 Å². The van der Waals surface area contributed by atoms with Crippen molar-refractivity contribution in [1.29, 1.82) is 5.26 Å².